The van der Waals surface area contributed by atoms with Gasteiger partial charge in [0, 0.05) is 11.6 Å². The number of carbonyl (C=O) groups is 2. The maximum atomic E-state index is 12.8. The lowest BCUT2D eigenvalue weighted by Crippen LogP contribution is -2.34. The van der Waals surface area contributed by atoms with Crippen molar-refractivity contribution in [3.63, 3.8) is 0 Å². The molecule has 2 heterocycles. The summed E-state index contributed by atoms with van der Waals surface area (Å²) in [6, 6.07) is 10.3. The van der Waals surface area contributed by atoms with E-state index < -0.39 is 5.91 Å². The zero-order chi connectivity index (χ0) is 20.4. The Balaban J connectivity index is 1.47. The Morgan fingerprint density at radius 3 is 2.72 bits per heavy atom. The smallest absolute Gasteiger partial charge is 0.261 e. The van der Waals surface area contributed by atoms with Crippen molar-refractivity contribution in [2.75, 3.05) is 26.4 Å². The summed E-state index contributed by atoms with van der Waals surface area (Å²) < 4.78 is 16.8. The molecule has 152 valence electrons. The van der Waals surface area contributed by atoms with Crippen LogP contribution in [0.25, 0.3) is 0 Å². The highest BCUT2D eigenvalue weighted by Crippen LogP contribution is 2.38. The number of primary amides is 1. The first-order chi connectivity index (χ1) is 14.0. The van der Waals surface area contributed by atoms with Gasteiger partial charge in [0.15, 0.2) is 18.1 Å². The second kappa shape index (κ2) is 8.21. The van der Waals surface area contributed by atoms with Gasteiger partial charge in [-0.1, -0.05) is 17.7 Å². The standard InChI is InChI=1S/C21H21ClN2O5/c22-14-4-6-17(15(11-14)21(23)26)29-12-20(25)24-7-1-2-16(24)13-3-5-18-19(10-13)28-9-8-27-18/h3-6,10-11,16H,1-2,7-9,12H2,(H2,23,26). The van der Waals surface area contributed by atoms with Crippen LogP contribution in [0.2, 0.25) is 5.02 Å². The number of likely N-dealkylation sites (tertiary alicyclic amines) is 1. The molecular weight excluding hydrogens is 396 g/mol. The van der Waals surface area contributed by atoms with Crippen molar-refractivity contribution in [3.8, 4) is 17.2 Å². The highest BCUT2D eigenvalue weighted by atomic mass is 35.5. The monoisotopic (exact) mass is 416 g/mol. The minimum absolute atomic E-state index is 0.0530. The third-order valence-electron chi connectivity index (χ3n) is 5.08. The molecule has 29 heavy (non-hydrogen) atoms. The van der Waals surface area contributed by atoms with Crippen molar-refractivity contribution >= 4 is 23.4 Å². The van der Waals surface area contributed by atoms with Crippen LogP contribution < -0.4 is 19.9 Å². The Labute approximate surface area is 173 Å². The van der Waals surface area contributed by atoms with E-state index >= 15 is 0 Å². The number of nitrogens with two attached hydrogens (primary N) is 1. The van der Waals surface area contributed by atoms with Crippen molar-refractivity contribution in [1.82, 2.24) is 4.90 Å². The number of fused-ring (bicyclic) bond motifs is 1. The van der Waals surface area contributed by atoms with Crippen molar-refractivity contribution in [2.45, 2.75) is 18.9 Å². The van der Waals surface area contributed by atoms with Crippen LogP contribution in [-0.2, 0) is 4.79 Å². The first-order valence-electron chi connectivity index (χ1n) is 9.44. The number of rotatable bonds is 5. The van der Waals surface area contributed by atoms with E-state index in [0.717, 1.165) is 24.2 Å². The van der Waals surface area contributed by atoms with Crippen molar-refractivity contribution in [3.05, 3.63) is 52.5 Å². The van der Waals surface area contributed by atoms with Gasteiger partial charge in [0.05, 0.1) is 11.6 Å². The Morgan fingerprint density at radius 1 is 1.14 bits per heavy atom. The van der Waals surface area contributed by atoms with E-state index in [1.165, 1.54) is 12.1 Å². The summed E-state index contributed by atoms with van der Waals surface area (Å²) in [4.78, 5) is 26.2. The molecule has 0 radical (unpaired) electrons. The number of carbonyl (C=O) groups excluding carboxylic acids is 2. The van der Waals surface area contributed by atoms with Crippen molar-refractivity contribution in [1.29, 1.82) is 0 Å². The van der Waals surface area contributed by atoms with Gasteiger partial charge < -0.3 is 24.8 Å². The fraction of sp³-hybridized carbons (Fsp3) is 0.333. The summed E-state index contributed by atoms with van der Waals surface area (Å²) in [5.74, 6) is 0.848. The van der Waals surface area contributed by atoms with E-state index in [-0.39, 0.29) is 29.9 Å². The van der Waals surface area contributed by atoms with Gasteiger partial charge in [0.25, 0.3) is 11.8 Å². The second-order valence-electron chi connectivity index (χ2n) is 6.94. The Morgan fingerprint density at radius 2 is 1.93 bits per heavy atom. The zero-order valence-corrected chi connectivity index (χ0v) is 16.5. The van der Waals surface area contributed by atoms with Gasteiger partial charge in [-0.05, 0) is 48.7 Å². The van der Waals surface area contributed by atoms with Gasteiger partial charge in [0.1, 0.15) is 19.0 Å². The summed E-state index contributed by atoms with van der Waals surface area (Å²) >= 11 is 5.91. The number of nitrogens with zero attached hydrogens (tertiary/aromatic N) is 1. The predicted molar refractivity (Wildman–Crippen MR) is 107 cm³/mol. The fourth-order valence-electron chi connectivity index (χ4n) is 3.72. The Bertz CT molecular complexity index is 949. The summed E-state index contributed by atoms with van der Waals surface area (Å²) in [6.45, 7) is 1.50. The van der Waals surface area contributed by atoms with Gasteiger partial charge in [-0.25, -0.2) is 0 Å². The van der Waals surface area contributed by atoms with Crippen molar-refractivity contribution in [2.24, 2.45) is 5.73 Å². The van der Waals surface area contributed by atoms with Gasteiger partial charge in [-0.3, -0.25) is 9.59 Å². The van der Waals surface area contributed by atoms with Crippen LogP contribution in [0, 0.1) is 0 Å². The lowest BCUT2D eigenvalue weighted by atomic mass is 10.0. The molecule has 2 aliphatic heterocycles. The molecule has 1 fully saturated rings. The van der Waals surface area contributed by atoms with Crippen LogP contribution in [0.5, 0.6) is 17.2 Å². The molecule has 2 N–H and O–H groups in total. The van der Waals surface area contributed by atoms with E-state index in [2.05, 4.69) is 0 Å². The van der Waals surface area contributed by atoms with Crippen LogP contribution >= 0.6 is 11.6 Å². The predicted octanol–water partition coefficient (Wildman–Crippen LogP) is 2.95. The van der Waals surface area contributed by atoms with E-state index in [9.17, 15) is 9.59 Å². The minimum atomic E-state index is -0.662. The topological polar surface area (TPSA) is 91.1 Å². The first-order valence-corrected chi connectivity index (χ1v) is 9.82. The normalized spacial score (nSPS) is 17.8. The molecule has 2 aromatic carbocycles. The molecule has 1 saturated heterocycles. The lowest BCUT2D eigenvalue weighted by Gasteiger charge is -2.27. The maximum Gasteiger partial charge on any atom is 0.261 e. The fourth-order valence-corrected chi connectivity index (χ4v) is 3.89. The van der Waals surface area contributed by atoms with E-state index in [0.29, 0.717) is 30.5 Å². The molecule has 0 aliphatic carbocycles. The zero-order valence-electron chi connectivity index (χ0n) is 15.7. The molecule has 2 amide bonds. The number of hydrogen-bond donors (Lipinski definition) is 1. The van der Waals surface area contributed by atoms with E-state index in [1.807, 2.05) is 18.2 Å². The van der Waals surface area contributed by atoms with Crippen LogP contribution in [0.3, 0.4) is 0 Å². The number of ether oxygens (including phenoxy) is 3. The highest BCUT2D eigenvalue weighted by molar-refractivity contribution is 6.31. The number of benzene rings is 2. The molecule has 7 nitrogen and oxygen atoms in total. The first kappa shape index (κ1) is 19.4. The SMILES string of the molecule is NC(=O)c1cc(Cl)ccc1OCC(=O)N1CCCC1c1ccc2c(c1)OCCO2. The van der Waals surface area contributed by atoms with Gasteiger partial charge in [-0.15, -0.1) is 0 Å². The lowest BCUT2D eigenvalue weighted by molar-refractivity contribution is -0.134. The summed E-state index contributed by atoms with van der Waals surface area (Å²) in [5, 5.41) is 0.371. The molecule has 8 heteroatoms. The molecule has 2 aliphatic rings. The molecule has 4 rings (SSSR count). The summed E-state index contributed by atoms with van der Waals surface area (Å²) in [5.41, 5.74) is 6.52. The molecular formula is C21H21ClN2O5. The second-order valence-corrected chi connectivity index (χ2v) is 7.38. The minimum Gasteiger partial charge on any atom is -0.486 e. The highest BCUT2D eigenvalue weighted by Gasteiger charge is 2.31. The van der Waals surface area contributed by atoms with E-state index in [1.54, 1.807) is 11.0 Å². The number of hydrogen-bond acceptors (Lipinski definition) is 5. The maximum absolute atomic E-state index is 12.8. The third-order valence-corrected chi connectivity index (χ3v) is 5.32. The third kappa shape index (κ3) is 4.10. The van der Waals surface area contributed by atoms with Gasteiger partial charge >= 0.3 is 0 Å². The molecule has 0 aromatic heterocycles. The summed E-state index contributed by atoms with van der Waals surface area (Å²) in [7, 11) is 0. The largest absolute Gasteiger partial charge is 0.486 e. The summed E-state index contributed by atoms with van der Waals surface area (Å²) in [6.07, 6.45) is 1.76. The molecule has 0 saturated carbocycles. The molecule has 0 spiro atoms. The van der Waals surface area contributed by atoms with Gasteiger partial charge in [-0.2, -0.15) is 0 Å². The van der Waals surface area contributed by atoms with Crippen LogP contribution in [0.1, 0.15) is 34.8 Å². The van der Waals surface area contributed by atoms with Gasteiger partial charge in [0.2, 0.25) is 0 Å². The Hall–Kier alpha value is -2.93. The average molecular weight is 417 g/mol. The van der Waals surface area contributed by atoms with E-state index in [4.69, 9.17) is 31.5 Å². The number of amides is 2. The van der Waals surface area contributed by atoms with Crippen LogP contribution in [0.4, 0.5) is 0 Å². The van der Waals surface area contributed by atoms with Crippen LogP contribution in [0.15, 0.2) is 36.4 Å². The molecule has 1 atom stereocenters. The van der Waals surface area contributed by atoms with Crippen LogP contribution in [-0.4, -0.2) is 43.1 Å². The molecule has 0 bridgehead atoms. The molecule has 1 unspecified atom stereocenters. The quantitative estimate of drug-likeness (QED) is 0.809. The molecule has 2 aromatic rings. The number of halogens is 1. The van der Waals surface area contributed by atoms with Crippen molar-refractivity contribution < 1.29 is 23.8 Å². The average Bonchev–Trinajstić information content (AvgIpc) is 3.22. The Kier molecular flexibility index (Phi) is 5.49.